The van der Waals surface area contributed by atoms with E-state index in [9.17, 15) is 4.79 Å². The third kappa shape index (κ3) is 2.38. The van der Waals surface area contributed by atoms with Gasteiger partial charge in [0.15, 0.2) is 0 Å². The molecule has 4 nitrogen and oxygen atoms in total. The van der Waals surface area contributed by atoms with Crippen LogP contribution in [-0.2, 0) is 9.53 Å². The van der Waals surface area contributed by atoms with E-state index in [1.807, 2.05) is 20.8 Å². The van der Waals surface area contributed by atoms with Gasteiger partial charge in [0.25, 0.3) is 0 Å². The number of nitrogens with two attached hydrogens (primary N) is 1. The molecule has 0 aliphatic carbocycles. The molecule has 16 heavy (non-hydrogen) atoms. The largest absolute Gasteiger partial charge is 0.459 e. The molecule has 0 saturated carbocycles. The second-order valence-corrected chi connectivity index (χ2v) is 6.03. The maximum atomic E-state index is 12.1. The minimum Gasteiger partial charge on any atom is -0.459 e. The molecular weight excluding hydrogens is 204 g/mol. The Hall–Kier alpha value is -0.610. The van der Waals surface area contributed by atoms with Crippen LogP contribution < -0.4 is 5.73 Å². The molecule has 0 amide bonds. The van der Waals surface area contributed by atoms with Gasteiger partial charge in [0, 0.05) is 12.6 Å². The zero-order valence-electron chi connectivity index (χ0n) is 10.4. The van der Waals surface area contributed by atoms with Crippen molar-refractivity contribution in [3.8, 4) is 0 Å². The number of carbonyl (C=O) groups is 1. The highest BCUT2D eigenvalue weighted by Crippen LogP contribution is 2.31. The normalized spacial score (nSPS) is 38.5. The highest BCUT2D eigenvalue weighted by Gasteiger charge is 2.43. The Labute approximate surface area is 97.1 Å². The van der Waals surface area contributed by atoms with Crippen LogP contribution in [0.3, 0.4) is 0 Å². The third-order valence-corrected chi connectivity index (χ3v) is 3.37. The van der Waals surface area contributed by atoms with E-state index in [1.165, 1.54) is 6.42 Å². The van der Waals surface area contributed by atoms with Gasteiger partial charge in [-0.05, 0) is 46.1 Å². The number of ether oxygens (including phenoxy) is 1. The van der Waals surface area contributed by atoms with E-state index in [4.69, 9.17) is 10.5 Å². The fraction of sp³-hybridized carbons (Fsp3) is 0.917. The Kier molecular flexibility index (Phi) is 2.97. The summed E-state index contributed by atoms with van der Waals surface area (Å²) in [4.78, 5) is 14.3. The van der Waals surface area contributed by atoms with Gasteiger partial charge < -0.3 is 10.5 Å². The summed E-state index contributed by atoms with van der Waals surface area (Å²) in [5.74, 6) is 0.536. The Morgan fingerprint density at radius 1 is 1.44 bits per heavy atom. The predicted octanol–water partition coefficient (Wildman–Crippen LogP) is 0.750. The van der Waals surface area contributed by atoms with Crippen LogP contribution in [0.2, 0.25) is 0 Å². The van der Waals surface area contributed by atoms with Gasteiger partial charge in [0.2, 0.25) is 0 Å². The molecule has 4 atom stereocenters. The SMILES string of the molecule is CC(C)(C)OC(=O)C1C(N)CC2CCN1C2. The molecule has 2 heterocycles. The Morgan fingerprint density at radius 2 is 2.12 bits per heavy atom. The van der Waals surface area contributed by atoms with Crippen molar-refractivity contribution in [2.75, 3.05) is 13.1 Å². The molecule has 4 unspecified atom stereocenters. The van der Waals surface area contributed by atoms with Crippen molar-refractivity contribution in [3.05, 3.63) is 0 Å². The van der Waals surface area contributed by atoms with Crippen LogP contribution in [0, 0.1) is 5.92 Å². The van der Waals surface area contributed by atoms with E-state index >= 15 is 0 Å². The van der Waals surface area contributed by atoms with Crippen molar-refractivity contribution < 1.29 is 9.53 Å². The zero-order chi connectivity index (χ0) is 11.9. The summed E-state index contributed by atoms with van der Waals surface area (Å²) in [5, 5.41) is 0. The molecule has 4 heteroatoms. The second kappa shape index (κ2) is 4.00. The minimum atomic E-state index is -0.423. The second-order valence-electron chi connectivity index (χ2n) is 6.03. The van der Waals surface area contributed by atoms with Gasteiger partial charge in [-0.15, -0.1) is 0 Å². The molecule has 2 N–H and O–H groups in total. The van der Waals surface area contributed by atoms with Crippen LogP contribution in [0.5, 0.6) is 0 Å². The summed E-state index contributed by atoms with van der Waals surface area (Å²) in [6.07, 6.45) is 2.13. The maximum absolute atomic E-state index is 12.1. The lowest BCUT2D eigenvalue weighted by Gasteiger charge is -2.36. The number of esters is 1. The van der Waals surface area contributed by atoms with Gasteiger partial charge in [0.1, 0.15) is 11.6 Å². The number of hydrogen-bond acceptors (Lipinski definition) is 4. The average Bonchev–Trinajstić information content (AvgIpc) is 2.44. The van der Waals surface area contributed by atoms with Crippen molar-refractivity contribution in [2.45, 2.75) is 51.3 Å². The van der Waals surface area contributed by atoms with Crippen molar-refractivity contribution in [1.82, 2.24) is 4.90 Å². The molecular formula is C12H22N2O2. The highest BCUT2D eigenvalue weighted by atomic mass is 16.6. The molecule has 0 aromatic heterocycles. The number of piperidine rings is 1. The van der Waals surface area contributed by atoms with Crippen LogP contribution >= 0.6 is 0 Å². The fourth-order valence-electron chi connectivity index (χ4n) is 2.78. The first-order chi connectivity index (χ1) is 7.37. The first-order valence-corrected chi connectivity index (χ1v) is 6.09. The zero-order valence-corrected chi connectivity index (χ0v) is 10.4. The summed E-state index contributed by atoms with van der Waals surface area (Å²) < 4.78 is 5.44. The molecule has 0 spiro atoms. The third-order valence-electron chi connectivity index (χ3n) is 3.37. The molecule has 0 aromatic rings. The van der Waals surface area contributed by atoms with Gasteiger partial charge in [-0.1, -0.05) is 0 Å². The number of rotatable bonds is 1. The topological polar surface area (TPSA) is 55.6 Å². The average molecular weight is 226 g/mol. The first-order valence-electron chi connectivity index (χ1n) is 6.09. The fourth-order valence-corrected chi connectivity index (χ4v) is 2.78. The lowest BCUT2D eigenvalue weighted by atomic mass is 9.92. The van der Waals surface area contributed by atoms with Crippen LogP contribution in [0.15, 0.2) is 0 Å². The molecule has 2 fully saturated rings. The van der Waals surface area contributed by atoms with Gasteiger partial charge in [-0.2, -0.15) is 0 Å². The molecule has 2 bridgehead atoms. The minimum absolute atomic E-state index is 0.0592. The van der Waals surface area contributed by atoms with Gasteiger partial charge in [-0.3, -0.25) is 9.69 Å². The smallest absolute Gasteiger partial charge is 0.325 e. The summed E-state index contributed by atoms with van der Waals surface area (Å²) in [7, 11) is 0. The Bertz CT molecular complexity index is 285. The monoisotopic (exact) mass is 226 g/mol. The number of carbonyl (C=O) groups excluding carboxylic acids is 1. The Morgan fingerprint density at radius 3 is 2.75 bits per heavy atom. The van der Waals surface area contributed by atoms with E-state index in [0.29, 0.717) is 5.92 Å². The summed E-state index contributed by atoms with van der Waals surface area (Å²) >= 11 is 0. The Balaban J connectivity index is 2.04. The van der Waals surface area contributed by atoms with Crippen LogP contribution in [0.25, 0.3) is 0 Å². The number of hydrogen-bond donors (Lipinski definition) is 1. The molecule has 2 aliphatic rings. The van der Waals surface area contributed by atoms with Gasteiger partial charge in [-0.25, -0.2) is 0 Å². The molecule has 2 saturated heterocycles. The summed E-state index contributed by atoms with van der Waals surface area (Å²) in [6.45, 7) is 7.68. The quantitative estimate of drug-likeness (QED) is 0.670. The summed E-state index contributed by atoms with van der Waals surface area (Å²) in [6, 6.07) is -0.283. The van der Waals surface area contributed by atoms with E-state index in [1.54, 1.807) is 0 Å². The van der Waals surface area contributed by atoms with Crippen LogP contribution in [0.4, 0.5) is 0 Å². The molecule has 2 aliphatic heterocycles. The molecule has 0 aromatic carbocycles. The number of nitrogens with zero attached hydrogens (tertiary/aromatic N) is 1. The van der Waals surface area contributed by atoms with Crippen LogP contribution in [-0.4, -0.2) is 41.6 Å². The van der Waals surface area contributed by atoms with Gasteiger partial charge >= 0.3 is 5.97 Å². The van der Waals surface area contributed by atoms with Crippen LogP contribution in [0.1, 0.15) is 33.6 Å². The van der Waals surface area contributed by atoms with E-state index in [0.717, 1.165) is 19.5 Å². The molecule has 0 radical (unpaired) electrons. The van der Waals surface area contributed by atoms with Gasteiger partial charge in [0.05, 0.1) is 0 Å². The van der Waals surface area contributed by atoms with Crippen molar-refractivity contribution >= 4 is 5.97 Å². The molecule has 2 rings (SSSR count). The number of fused-ring (bicyclic) bond motifs is 2. The highest BCUT2D eigenvalue weighted by molar-refractivity contribution is 5.77. The van der Waals surface area contributed by atoms with E-state index < -0.39 is 5.60 Å². The van der Waals surface area contributed by atoms with Crippen molar-refractivity contribution in [2.24, 2.45) is 11.7 Å². The van der Waals surface area contributed by atoms with Crippen molar-refractivity contribution in [1.29, 1.82) is 0 Å². The van der Waals surface area contributed by atoms with E-state index in [2.05, 4.69) is 4.90 Å². The lowest BCUT2D eigenvalue weighted by molar-refractivity contribution is -0.162. The summed E-state index contributed by atoms with van der Waals surface area (Å²) in [5.41, 5.74) is 5.65. The van der Waals surface area contributed by atoms with E-state index in [-0.39, 0.29) is 18.1 Å². The maximum Gasteiger partial charge on any atom is 0.325 e. The predicted molar refractivity (Wildman–Crippen MR) is 61.9 cm³/mol. The molecule has 92 valence electrons. The standard InChI is InChI=1S/C12H22N2O2/c1-12(2,3)16-11(15)10-9(13)6-8-4-5-14(10)7-8/h8-10H,4-7,13H2,1-3H3. The van der Waals surface area contributed by atoms with Crippen molar-refractivity contribution in [3.63, 3.8) is 0 Å². The lowest BCUT2D eigenvalue weighted by Crippen LogP contribution is -2.56. The first kappa shape index (κ1) is 11.9.